The van der Waals surface area contributed by atoms with E-state index in [0.717, 1.165) is 42.8 Å². The molecule has 8 heteroatoms. The Balaban J connectivity index is 1.78. The van der Waals surface area contributed by atoms with Crippen molar-refractivity contribution in [3.63, 3.8) is 0 Å². The molecule has 0 atom stereocenters. The summed E-state index contributed by atoms with van der Waals surface area (Å²) < 4.78 is 0. The van der Waals surface area contributed by atoms with Crippen LogP contribution in [0, 0.1) is 19.8 Å². The largest absolute Gasteiger partial charge is 0.369 e. The van der Waals surface area contributed by atoms with Crippen molar-refractivity contribution in [1.82, 2.24) is 9.88 Å². The summed E-state index contributed by atoms with van der Waals surface area (Å²) in [6.45, 7) is 7.77. The van der Waals surface area contributed by atoms with Crippen molar-refractivity contribution in [2.75, 3.05) is 18.0 Å². The summed E-state index contributed by atoms with van der Waals surface area (Å²) in [5, 5.41) is 3.13. The van der Waals surface area contributed by atoms with E-state index in [-0.39, 0.29) is 17.7 Å². The first kappa shape index (κ1) is 20.8. The first-order valence-electron chi connectivity index (χ1n) is 9.29. The summed E-state index contributed by atoms with van der Waals surface area (Å²) in [4.78, 5) is 32.3. The smallest absolute Gasteiger partial charge is 0.230 e. The van der Waals surface area contributed by atoms with Gasteiger partial charge in [0, 0.05) is 24.8 Å². The summed E-state index contributed by atoms with van der Waals surface area (Å²) >= 11 is 7.89. The van der Waals surface area contributed by atoms with Crippen LogP contribution in [0.2, 0.25) is 5.02 Å². The van der Waals surface area contributed by atoms with Crippen molar-refractivity contribution >= 4 is 45.6 Å². The molecule has 0 bridgehead atoms. The predicted molar refractivity (Wildman–Crippen MR) is 113 cm³/mol. The molecule has 1 fully saturated rings. The third kappa shape index (κ3) is 4.54. The number of thiazole rings is 1. The fraction of sp³-hybridized carbons (Fsp3) is 0.450. The first-order chi connectivity index (χ1) is 13.3. The zero-order valence-corrected chi connectivity index (χ0v) is 17.9. The Bertz CT molecular complexity index is 867. The lowest BCUT2D eigenvalue weighted by atomic mass is 9.96. The minimum Gasteiger partial charge on any atom is -0.369 e. The molecular formula is C20H25ClN4O2S. The number of nitrogens with zero attached hydrogens (tertiary/aromatic N) is 3. The van der Waals surface area contributed by atoms with E-state index in [1.54, 1.807) is 4.90 Å². The molecule has 0 unspecified atom stereocenters. The second-order valence-electron chi connectivity index (χ2n) is 7.34. The van der Waals surface area contributed by atoms with Crippen molar-refractivity contribution < 1.29 is 9.59 Å². The van der Waals surface area contributed by atoms with E-state index < -0.39 is 0 Å². The molecule has 0 saturated carbocycles. The third-order valence-electron chi connectivity index (χ3n) is 5.04. The van der Waals surface area contributed by atoms with Gasteiger partial charge in [-0.05, 0) is 57.0 Å². The molecule has 150 valence electrons. The van der Waals surface area contributed by atoms with Gasteiger partial charge < -0.3 is 5.73 Å². The van der Waals surface area contributed by atoms with Gasteiger partial charge in [0.1, 0.15) is 0 Å². The van der Waals surface area contributed by atoms with Crippen LogP contribution < -0.4 is 10.6 Å². The maximum absolute atomic E-state index is 12.4. The van der Waals surface area contributed by atoms with Gasteiger partial charge in [0.05, 0.1) is 16.4 Å². The summed E-state index contributed by atoms with van der Waals surface area (Å²) in [6.07, 6.45) is 1.56. The number of hydrogen-bond donors (Lipinski definition) is 1. The Kier molecular flexibility index (Phi) is 6.37. The highest BCUT2D eigenvalue weighted by Gasteiger charge is 2.25. The molecule has 2 amide bonds. The lowest BCUT2D eigenvalue weighted by Crippen LogP contribution is -2.38. The lowest BCUT2D eigenvalue weighted by molar-refractivity contribution is -0.123. The molecule has 2 N–H and O–H groups in total. The molecule has 6 nitrogen and oxygen atoms in total. The van der Waals surface area contributed by atoms with Crippen LogP contribution in [0.5, 0.6) is 0 Å². The van der Waals surface area contributed by atoms with Crippen LogP contribution >= 0.6 is 22.9 Å². The maximum atomic E-state index is 12.4. The van der Waals surface area contributed by atoms with E-state index in [0.29, 0.717) is 22.4 Å². The van der Waals surface area contributed by atoms with E-state index in [2.05, 4.69) is 4.90 Å². The number of primary amides is 1. The molecule has 2 heterocycles. The van der Waals surface area contributed by atoms with Crippen molar-refractivity contribution in [3.05, 3.63) is 39.4 Å². The highest BCUT2D eigenvalue weighted by atomic mass is 35.5. The average Bonchev–Trinajstić information content (AvgIpc) is 3.05. The van der Waals surface area contributed by atoms with Crippen LogP contribution in [-0.2, 0) is 16.1 Å². The Morgan fingerprint density at radius 3 is 2.57 bits per heavy atom. The number of carbonyl (C=O) groups excluding carboxylic acids is 2. The van der Waals surface area contributed by atoms with Crippen LogP contribution in [0.4, 0.5) is 10.8 Å². The van der Waals surface area contributed by atoms with Gasteiger partial charge in [-0.1, -0.05) is 17.7 Å². The maximum Gasteiger partial charge on any atom is 0.230 e. The number of piperidine rings is 1. The standard InChI is InChI=1S/C20H25ClN4O2S/c1-12-8-13(2)18(17(21)9-12)25(14(3)26)20-23-16(11-28-20)10-24-6-4-15(5-7-24)19(22)27/h8-9,11,15H,4-7,10H2,1-3H3,(H2,22,27). The first-order valence-corrected chi connectivity index (χ1v) is 10.6. The number of aryl methyl sites for hydroxylation is 2. The second-order valence-corrected chi connectivity index (χ2v) is 8.58. The monoisotopic (exact) mass is 420 g/mol. The van der Waals surface area contributed by atoms with E-state index in [9.17, 15) is 9.59 Å². The normalized spacial score (nSPS) is 15.6. The van der Waals surface area contributed by atoms with Crippen LogP contribution in [0.3, 0.4) is 0 Å². The summed E-state index contributed by atoms with van der Waals surface area (Å²) in [5.74, 6) is -0.364. The van der Waals surface area contributed by atoms with Gasteiger partial charge in [0.2, 0.25) is 11.8 Å². The minimum absolute atomic E-state index is 0.0258. The van der Waals surface area contributed by atoms with Crippen molar-refractivity contribution in [2.24, 2.45) is 11.7 Å². The van der Waals surface area contributed by atoms with Gasteiger partial charge in [-0.15, -0.1) is 11.3 Å². The summed E-state index contributed by atoms with van der Waals surface area (Å²) in [5.41, 5.74) is 8.98. The molecule has 28 heavy (non-hydrogen) atoms. The average molecular weight is 421 g/mol. The molecule has 1 aromatic carbocycles. The third-order valence-corrected chi connectivity index (χ3v) is 6.21. The molecule has 0 aliphatic carbocycles. The summed E-state index contributed by atoms with van der Waals surface area (Å²) in [6, 6.07) is 3.87. The van der Waals surface area contributed by atoms with Gasteiger partial charge in [-0.25, -0.2) is 4.98 Å². The highest BCUT2D eigenvalue weighted by Crippen LogP contribution is 2.37. The van der Waals surface area contributed by atoms with E-state index in [4.69, 9.17) is 22.3 Å². The Hall–Kier alpha value is -1.96. The number of carbonyl (C=O) groups is 2. The van der Waals surface area contributed by atoms with Gasteiger partial charge in [0.15, 0.2) is 5.13 Å². The van der Waals surface area contributed by atoms with Crippen LogP contribution in [0.25, 0.3) is 0 Å². The number of nitrogens with two attached hydrogens (primary N) is 1. The lowest BCUT2D eigenvalue weighted by Gasteiger charge is -2.29. The molecule has 1 saturated heterocycles. The molecule has 0 radical (unpaired) electrons. The van der Waals surface area contributed by atoms with Gasteiger partial charge in [0.25, 0.3) is 0 Å². The number of aromatic nitrogens is 1. The number of anilines is 2. The van der Waals surface area contributed by atoms with E-state index >= 15 is 0 Å². The van der Waals surface area contributed by atoms with Crippen LogP contribution in [0.1, 0.15) is 36.6 Å². The molecule has 1 aromatic heterocycles. The van der Waals surface area contributed by atoms with Crippen molar-refractivity contribution in [3.8, 4) is 0 Å². The number of halogens is 1. The zero-order chi connectivity index (χ0) is 20.4. The van der Waals surface area contributed by atoms with E-state index in [1.807, 2.05) is 31.4 Å². The van der Waals surface area contributed by atoms with Crippen LogP contribution in [0.15, 0.2) is 17.5 Å². The Labute approximate surface area is 174 Å². The molecular weight excluding hydrogens is 396 g/mol. The zero-order valence-electron chi connectivity index (χ0n) is 16.4. The highest BCUT2D eigenvalue weighted by molar-refractivity contribution is 7.14. The minimum atomic E-state index is -0.210. The molecule has 2 aromatic rings. The van der Waals surface area contributed by atoms with E-state index in [1.165, 1.54) is 18.3 Å². The molecule has 3 rings (SSSR count). The Morgan fingerprint density at radius 2 is 2.00 bits per heavy atom. The molecule has 0 spiro atoms. The molecule has 1 aliphatic heterocycles. The fourth-order valence-corrected chi connectivity index (χ4v) is 4.92. The summed E-state index contributed by atoms with van der Waals surface area (Å²) in [7, 11) is 0. The number of benzene rings is 1. The predicted octanol–water partition coefficient (Wildman–Crippen LogP) is 3.80. The topological polar surface area (TPSA) is 79.5 Å². The quantitative estimate of drug-likeness (QED) is 0.797. The number of likely N-dealkylation sites (tertiary alicyclic amines) is 1. The number of hydrogen-bond acceptors (Lipinski definition) is 5. The van der Waals surface area contributed by atoms with Gasteiger partial charge >= 0.3 is 0 Å². The number of rotatable bonds is 5. The fourth-order valence-electron chi connectivity index (χ4n) is 3.66. The Morgan fingerprint density at radius 1 is 1.32 bits per heavy atom. The SMILES string of the molecule is CC(=O)N(c1nc(CN2CCC(C(N)=O)CC2)cs1)c1c(C)cc(C)cc1Cl. The number of amides is 2. The van der Waals surface area contributed by atoms with Crippen molar-refractivity contribution in [2.45, 2.75) is 40.2 Å². The van der Waals surface area contributed by atoms with Crippen LogP contribution in [-0.4, -0.2) is 34.8 Å². The van der Waals surface area contributed by atoms with Gasteiger partial charge in [-0.2, -0.15) is 0 Å². The van der Waals surface area contributed by atoms with Gasteiger partial charge in [-0.3, -0.25) is 19.4 Å². The second kappa shape index (κ2) is 8.59. The van der Waals surface area contributed by atoms with Crippen molar-refractivity contribution in [1.29, 1.82) is 0 Å². The molecule has 1 aliphatic rings.